The number of aliphatic hydroxyl groups is 1. The van der Waals surface area contributed by atoms with Crippen LogP contribution in [0.5, 0.6) is 11.5 Å². The summed E-state index contributed by atoms with van der Waals surface area (Å²) in [4.78, 5) is 44.4. The molecule has 3 aromatic rings. The van der Waals surface area contributed by atoms with E-state index < -0.39 is 23.7 Å². The molecule has 9 heteroatoms. The van der Waals surface area contributed by atoms with Crippen molar-refractivity contribution in [2.24, 2.45) is 0 Å². The molecule has 1 aromatic heterocycles. The Morgan fingerprint density at radius 1 is 0.973 bits per heavy atom. The lowest BCUT2D eigenvalue weighted by atomic mass is 9.98. The summed E-state index contributed by atoms with van der Waals surface area (Å²) in [7, 11) is 2.94. The van der Waals surface area contributed by atoms with Gasteiger partial charge in [-0.05, 0) is 61.0 Å². The predicted octanol–water partition coefficient (Wildman–Crippen LogP) is 4.29. The molecule has 1 saturated heterocycles. The summed E-state index contributed by atoms with van der Waals surface area (Å²) in [5.74, 6) is -1.77. The summed E-state index contributed by atoms with van der Waals surface area (Å²) in [5.41, 5.74) is 1.20. The van der Waals surface area contributed by atoms with Gasteiger partial charge in [-0.3, -0.25) is 19.5 Å². The molecule has 0 aliphatic carbocycles. The highest BCUT2D eigenvalue weighted by molar-refractivity contribution is 6.51. The Kier molecular flexibility index (Phi) is 7.52. The van der Waals surface area contributed by atoms with Crippen molar-refractivity contribution in [2.45, 2.75) is 19.4 Å². The Labute approximate surface area is 213 Å². The van der Waals surface area contributed by atoms with Crippen LogP contribution in [0.3, 0.4) is 0 Å². The van der Waals surface area contributed by atoms with Crippen LogP contribution in [0.4, 0.5) is 5.69 Å². The number of rotatable bonds is 8. The van der Waals surface area contributed by atoms with E-state index in [-0.39, 0.29) is 16.9 Å². The van der Waals surface area contributed by atoms with Gasteiger partial charge >= 0.3 is 5.97 Å². The Bertz CT molecular complexity index is 1350. The molecule has 1 aliphatic rings. The number of ketones is 1. The Morgan fingerprint density at radius 3 is 2.30 bits per heavy atom. The molecule has 0 spiro atoms. The van der Waals surface area contributed by atoms with E-state index in [1.165, 1.54) is 37.3 Å². The zero-order chi connectivity index (χ0) is 26.5. The number of hydrogen-bond acceptors (Lipinski definition) is 8. The number of carbonyl (C=O) groups excluding carboxylic acids is 3. The van der Waals surface area contributed by atoms with Crippen molar-refractivity contribution in [3.8, 4) is 11.5 Å². The lowest BCUT2D eigenvalue weighted by molar-refractivity contribution is -0.132. The van der Waals surface area contributed by atoms with Crippen LogP contribution in [0.15, 0.2) is 72.4 Å². The van der Waals surface area contributed by atoms with Crippen LogP contribution in [0.25, 0.3) is 5.76 Å². The highest BCUT2D eigenvalue weighted by Crippen LogP contribution is 2.42. The molecule has 1 unspecified atom stereocenters. The quantitative estimate of drug-likeness (QED) is 0.210. The number of pyridine rings is 1. The molecule has 37 heavy (non-hydrogen) atoms. The number of benzene rings is 2. The average Bonchev–Trinajstić information content (AvgIpc) is 3.21. The van der Waals surface area contributed by atoms with Gasteiger partial charge in [0.2, 0.25) is 0 Å². The second kappa shape index (κ2) is 10.9. The molecule has 0 radical (unpaired) electrons. The lowest BCUT2D eigenvalue weighted by Gasteiger charge is -2.24. The van der Waals surface area contributed by atoms with Crippen molar-refractivity contribution in [3.05, 3.63) is 89.3 Å². The van der Waals surface area contributed by atoms with Gasteiger partial charge in [-0.15, -0.1) is 0 Å². The SMILES string of the molecule is CCCOC(=O)c1ccc(N2C(=O)C(=O)/C(=C(\O)c3ccc(OC)c(OC)c3)C2c2ccccn2)cc1. The number of anilines is 1. The van der Waals surface area contributed by atoms with Crippen LogP contribution in [-0.4, -0.2) is 48.6 Å². The second-order valence-corrected chi connectivity index (χ2v) is 8.18. The highest BCUT2D eigenvalue weighted by atomic mass is 16.5. The fourth-order valence-electron chi connectivity index (χ4n) is 4.09. The number of Topliss-reactive ketones (excluding diaryl/α,β-unsaturated/α-hetero) is 1. The molecule has 1 N–H and O–H groups in total. The van der Waals surface area contributed by atoms with Gasteiger partial charge in [0.1, 0.15) is 11.8 Å². The van der Waals surface area contributed by atoms with Gasteiger partial charge in [-0.1, -0.05) is 13.0 Å². The largest absolute Gasteiger partial charge is 0.507 e. The van der Waals surface area contributed by atoms with Crippen LogP contribution >= 0.6 is 0 Å². The van der Waals surface area contributed by atoms with Gasteiger partial charge in [-0.2, -0.15) is 0 Å². The van der Waals surface area contributed by atoms with Crippen molar-refractivity contribution >= 4 is 29.1 Å². The molecule has 1 fully saturated rings. The summed E-state index contributed by atoms with van der Waals surface area (Å²) in [5, 5.41) is 11.3. The molecule has 190 valence electrons. The lowest BCUT2D eigenvalue weighted by Crippen LogP contribution is -2.29. The number of carbonyl (C=O) groups is 3. The van der Waals surface area contributed by atoms with Crippen LogP contribution in [0.2, 0.25) is 0 Å². The first-order valence-electron chi connectivity index (χ1n) is 11.6. The minimum absolute atomic E-state index is 0.123. The third-order valence-corrected chi connectivity index (χ3v) is 5.89. The summed E-state index contributed by atoms with van der Waals surface area (Å²) >= 11 is 0. The van der Waals surface area contributed by atoms with E-state index in [2.05, 4.69) is 4.98 Å². The van der Waals surface area contributed by atoms with E-state index in [1.54, 1.807) is 48.7 Å². The standard InChI is InChI=1S/C28H26N2O7/c1-4-15-37-28(34)17-8-11-19(12-9-17)30-24(20-7-5-6-14-29-20)23(26(32)27(30)33)25(31)18-10-13-21(35-2)22(16-18)36-3/h5-14,16,24,31H,4,15H2,1-3H3/b25-23-. The molecular formula is C28H26N2O7. The van der Waals surface area contributed by atoms with Crippen molar-refractivity contribution in [1.29, 1.82) is 0 Å². The zero-order valence-corrected chi connectivity index (χ0v) is 20.6. The van der Waals surface area contributed by atoms with Crippen molar-refractivity contribution in [2.75, 3.05) is 25.7 Å². The van der Waals surface area contributed by atoms with Gasteiger partial charge in [0.25, 0.3) is 11.7 Å². The second-order valence-electron chi connectivity index (χ2n) is 8.18. The summed E-state index contributed by atoms with van der Waals surface area (Å²) < 4.78 is 15.7. The Morgan fingerprint density at radius 2 is 1.68 bits per heavy atom. The van der Waals surface area contributed by atoms with E-state index in [0.717, 1.165) is 0 Å². The summed E-state index contributed by atoms with van der Waals surface area (Å²) in [6, 6.07) is 14.9. The highest BCUT2D eigenvalue weighted by Gasteiger charge is 2.47. The smallest absolute Gasteiger partial charge is 0.338 e. The fourth-order valence-corrected chi connectivity index (χ4v) is 4.09. The molecular weight excluding hydrogens is 476 g/mol. The van der Waals surface area contributed by atoms with Crippen molar-refractivity contribution in [1.82, 2.24) is 4.98 Å². The van der Waals surface area contributed by atoms with E-state index >= 15 is 0 Å². The minimum atomic E-state index is -1.01. The fraction of sp³-hybridized carbons (Fsp3) is 0.214. The first-order valence-corrected chi connectivity index (χ1v) is 11.6. The summed E-state index contributed by atoms with van der Waals surface area (Å²) in [6.07, 6.45) is 2.23. The average molecular weight is 503 g/mol. The number of ether oxygens (including phenoxy) is 3. The number of methoxy groups -OCH3 is 2. The maximum Gasteiger partial charge on any atom is 0.338 e. The van der Waals surface area contributed by atoms with Crippen LogP contribution in [0, 0.1) is 0 Å². The van der Waals surface area contributed by atoms with Crippen molar-refractivity contribution < 1.29 is 33.7 Å². The van der Waals surface area contributed by atoms with Gasteiger partial charge in [-0.25, -0.2) is 4.79 Å². The monoisotopic (exact) mass is 502 g/mol. The third-order valence-electron chi connectivity index (χ3n) is 5.89. The van der Waals surface area contributed by atoms with Gasteiger partial charge in [0.05, 0.1) is 37.7 Å². The molecule has 2 aromatic carbocycles. The molecule has 4 rings (SSSR count). The van der Waals surface area contributed by atoms with Gasteiger partial charge in [0.15, 0.2) is 11.5 Å². The number of hydrogen-bond donors (Lipinski definition) is 1. The predicted molar refractivity (Wildman–Crippen MR) is 136 cm³/mol. The van der Waals surface area contributed by atoms with Crippen LogP contribution in [0.1, 0.15) is 41.0 Å². The van der Waals surface area contributed by atoms with E-state index in [1.807, 2.05) is 6.92 Å². The first kappa shape index (κ1) is 25.4. The number of aliphatic hydroxyl groups excluding tert-OH is 1. The Balaban J connectivity index is 1.82. The summed E-state index contributed by atoms with van der Waals surface area (Å²) in [6.45, 7) is 2.19. The molecule has 0 saturated carbocycles. The number of aromatic nitrogens is 1. The van der Waals surface area contributed by atoms with Gasteiger partial charge in [0, 0.05) is 17.4 Å². The number of nitrogens with zero attached hydrogens (tertiary/aromatic N) is 2. The van der Waals surface area contributed by atoms with Crippen LogP contribution in [-0.2, 0) is 14.3 Å². The topological polar surface area (TPSA) is 115 Å². The van der Waals surface area contributed by atoms with E-state index in [0.29, 0.717) is 41.5 Å². The number of esters is 1. The zero-order valence-electron chi connectivity index (χ0n) is 20.6. The van der Waals surface area contributed by atoms with Gasteiger partial charge < -0.3 is 19.3 Å². The molecule has 9 nitrogen and oxygen atoms in total. The Hall–Kier alpha value is -4.66. The van der Waals surface area contributed by atoms with E-state index in [4.69, 9.17) is 14.2 Å². The molecule has 1 amide bonds. The van der Waals surface area contributed by atoms with Crippen LogP contribution < -0.4 is 14.4 Å². The maximum absolute atomic E-state index is 13.3. The normalized spacial score (nSPS) is 16.5. The minimum Gasteiger partial charge on any atom is -0.507 e. The third kappa shape index (κ3) is 4.88. The molecule has 1 aliphatic heterocycles. The molecule has 0 bridgehead atoms. The first-order chi connectivity index (χ1) is 17.9. The maximum atomic E-state index is 13.3. The molecule has 1 atom stereocenters. The van der Waals surface area contributed by atoms with E-state index in [9.17, 15) is 19.5 Å². The number of amides is 1. The van der Waals surface area contributed by atoms with Crippen molar-refractivity contribution in [3.63, 3.8) is 0 Å². The molecule has 2 heterocycles.